The van der Waals surface area contributed by atoms with Crippen LogP contribution in [0.3, 0.4) is 0 Å². The van der Waals surface area contributed by atoms with Crippen LogP contribution in [0.5, 0.6) is 0 Å². The van der Waals surface area contributed by atoms with Crippen molar-refractivity contribution in [3.05, 3.63) is 0 Å². The zero-order valence-electron chi connectivity index (χ0n) is 14.5. The Kier molecular flexibility index (Phi) is 8.87. The van der Waals surface area contributed by atoms with E-state index in [-0.39, 0.29) is 0 Å². The van der Waals surface area contributed by atoms with Crippen LogP contribution in [0.15, 0.2) is 0 Å². The summed E-state index contributed by atoms with van der Waals surface area (Å²) in [5.74, 6) is -4.55. The van der Waals surface area contributed by atoms with Crippen molar-refractivity contribution in [1.82, 2.24) is 0 Å². The van der Waals surface area contributed by atoms with Crippen molar-refractivity contribution in [3.63, 3.8) is 0 Å². The largest absolute Gasteiger partial charge is 0.348 e. The summed E-state index contributed by atoms with van der Waals surface area (Å²) in [7, 11) is 10.2. The first-order valence-corrected chi connectivity index (χ1v) is 6.85. The summed E-state index contributed by atoms with van der Waals surface area (Å²) < 4.78 is 38.8. The summed E-state index contributed by atoms with van der Waals surface area (Å²) in [6, 6.07) is 0. The molecule has 0 saturated heterocycles. The van der Waals surface area contributed by atoms with E-state index >= 15 is 0 Å². The molecule has 0 fully saturated rings. The highest BCUT2D eigenvalue weighted by atomic mass is 16.9. The van der Waals surface area contributed by atoms with Gasteiger partial charge in [-0.05, 0) is 6.42 Å². The molecule has 0 aliphatic carbocycles. The summed E-state index contributed by atoms with van der Waals surface area (Å²) in [5.41, 5.74) is 0. The van der Waals surface area contributed by atoms with Gasteiger partial charge in [-0.15, -0.1) is 0 Å². The molecule has 0 radical (unpaired) electrons. The Morgan fingerprint density at radius 3 is 1.29 bits per heavy atom. The van der Waals surface area contributed by atoms with Gasteiger partial charge in [-0.2, -0.15) is 0 Å². The van der Waals surface area contributed by atoms with Gasteiger partial charge in [0.15, 0.2) is 0 Å². The van der Waals surface area contributed by atoms with Gasteiger partial charge < -0.3 is 33.2 Å². The standard InChI is InChI=1S/C14H30O7/c1-9-10-11-12(15-2,16-3)13(17-4,18-5)14(19-6,20-7)21-8/h9-11H2,1-8H3. The van der Waals surface area contributed by atoms with Gasteiger partial charge in [-0.1, -0.05) is 13.3 Å². The third-order valence-electron chi connectivity index (χ3n) is 3.80. The summed E-state index contributed by atoms with van der Waals surface area (Å²) >= 11 is 0. The maximum atomic E-state index is 5.64. The molecule has 0 aliphatic heterocycles. The van der Waals surface area contributed by atoms with Crippen molar-refractivity contribution < 1.29 is 33.2 Å². The van der Waals surface area contributed by atoms with Crippen molar-refractivity contribution in [2.75, 3.05) is 49.8 Å². The monoisotopic (exact) mass is 310 g/mol. The first-order chi connectivity index (χ1) is 9.99. The fourth-order valence-corrected chi connectivity index (χ4v) is 2.66. The van der Waals surface area contributed by atoms with Crippen molar-refractivity contribution in [2.45, 2.75) is 43.7 Å². The highest BCUT2D eigenvalue weighted by Crippen LogP contribution is 2.45. The molecule has 0 aromatic heterocycles. The lowest BCUT2D eigenvalue weighted by atomic mass is 9.95. The van der Waals surface area contributed by atoms with E-state index in [1.165, 1.54) is 49.8 Å². The van der Waals surface area contributed by atoms with E-state index in [1.807, 2.05) is 0 Å². The molecule has 0 aromatic rings. The van der Waals surface area contributed by atoms with Gasteiger partial charge in [0, 0.05) is 56.2 Å². The number of rotatable bonds is 12. The molecule has 0 aromatic carbocycles. The van der Waals surface area contributed by atoms with Crippen LogP contribution in [0.4, 0.5) is 0 Å². The molecule has 0 aliphatic rings. The minimum Gasteiger partial charge on any atom is -0.348 e. The number of hydrogen-bond donors (Lipinski definition) is 0. The highest BCUT2D eigenvalue weighted by molar-refractivity contribution is 4.96. The van der Waals surface area contributed by atoms with E-state index in [0.29, 0.717) is 6.42 Å². The smallest absolute Gasteiger partial charge is 0.345 e. The Morgan fingerprint density at radius 2 is 1.05 bits per heavy atom. The quantitative estimate of drug-likeness (QED) is 0.509. The molecule has 0 atom stereocenters. The van der Waals surface area contributed by atoms with Crippen LogP contribution in [0.1, 0.15) is 26.2 Å². The molecular formula is C14H30O7. The fourth-order valence-electron chi connectivity index (χ4n) is 2.66. The van der Waals surface area contributed by atoms with Crippen LogP contribution < -0.4 is 0 Å². The van der Waals surface area contributed by atoms with Gasteiger partial charge in [0.25, 0.3) is 0 Å². The fraction of sp³-hybridized carbons (Fsp3) is 1.00. The topological polar surface area (TPSA) is 64.6 Å². The Labute approximate surface area is 127 Å². The lowest BCUT2D eigenvalue weighted by Gasteiger charge is -2.52. The molecule has 0 saturated carbocycles. The highest BCUT2D eigenvalue weighted by Gasteiger charge is 2.70. The number of ether oxygens (including phenoxy) is 7. The maximum absolute atomic E-state index is 5.64. The third-order valence-corrected chi connectivity index (χ3v) is 3.80. The van der Waals surface area contributed by atoms with E-state index in [4.69, 9.17) is 33.2 Å². The average Bonchev–Trinajstić information content (AvgIpc) is 2.55. The number of methoxy groups -OCH3 is 7. The number of unbranched alkanes of at least 4 members (excludes halogenated alkanes) is 1. The van der Waals surface area contributed by atoms with Crippen LogP contribution in [0.2, 0.25) is 0 Å². The molecule has 21 heavy (non-hydrogen) atoms. The van der Waals surface area contributed by atoms with Crippen molar-refractivity contribution >= 4 is 0 Å². The van der Waals surface area contributed by atoms with Gasteiger partial charge >= 0.3 is 11.8 Å². The first kappa shape index (κ1) is 20.7. The molecular weight excluding hydrogens is 280 g/mol. The Balaban J connectivity index is 6.09. The van der Waals surface area contributed by atoms with E-state index in [0.717, 1.165) is 12.8 Å². The minimum absolute atomic E-state index is 0.496. The Morgan fingerprint density at radius 1 is 0.619 bits per heavy atom. The molecule has 0 amide bonds. The second-order valence-corrected chi connectivity index (χ2v) is 4.46. The van der Waals surface area contributed by atoms with Gasteiger partial charge in [-0.3, -0.25) is 0 Å². The molecule has 7 nitrogen and oxygen atoms in total. The third kappa shape index (κ3) is 3.24. The molecule has 128 valence electrons. The molecule has 0 bridgehead atoms. The van der Waals surface area contributed by atoms with Crippen LogP contribution in [0, 0.1) is 0 Å². The predicted octanol–water partition coefficient (Wildman–Crippen LogP) is 1.75. The lowest BCUT2D eigenvalue weighted by molar-refractivity contribution is -0.533. The first-order valence-electron chi connectivity index (χ1n) is 6.85. The average molecular weight is 310 g/mol. The predicted molar refractivity (Wildman–Crippen MR) is 76.8 cm³/mol. The van der Waals surface area contributed by atoms with Crippen LogP contribution in [-0.2, 0) is 33.2 Å². The minimum atomic E-state index is -1.67. The van der Waals surface area contributed by atoms with Gasteiger partial charge in [0.1, 0.15) is 0 Å². The summed E-state index contributed by atoms with van der Waals surface area (Å²) in [4.78, 5) is 0. The van der Waals surface area contributed by atoms with Crippen molar-refractivity contribution in [2.24, 2.45) is 0 Å². The molecule has 0 N–H and O–H groups in total. The molecule has 0 spiro atoms. The van der Waals surface area contributed by atoms with E-state index in [9.17, 15) is 0 Å². The normalized spacial score (nSPS) is 13.7. The van der Waals surface area contributed by atoms with Crippen molar-refractivity contribution in [1.29, 1.82) is 0 Å². The summed E-state index contributed by atoms with van der Waals surface area (Å²) in [5, 5.41) is 0. The van der Waals surface area contributed by atoms with Crippen LogP contribution >= 0.6 is 0 Å². The molecule has 0 rings (SSSR count). The second kappa shape index (κ2) is 8.99. The zero-order chi connectivity index (χ0) is 16.6. The van der Waals surface area contributed by atoms with Crippen LogP contribution in [0.25, 0.3) is 0 Å². The van der Waals surface area contributed by atoms with Gasteiger partial charge in [0.05, 0.1) is 0 Å². The van der Waals surface area contributed by atoms with E-state index < -0.39 is 17.5 Å². The van der Waals surface area contributed by atoms with Gasteiger partial charge in [-0.25, -0.2) is 0 Å². The molecule has 0 heterocycles. The van der Waals surface area contributed by atoms with E-state index in [1.54, 1.807) is 0 Å². The SMILES string of the molecule is CCCCC(OC)(OC)C(OC)(OC)C(OC)(OC)OC. The summed E-state index contributed by atoms with van der Waals surface area (Å²) in [6.07, 6.45) is 2.26. The lowest BCUT2D eigenvalue weighted by Crippen LogP contribution is -2.73. The summed E-state index contributed by atoms with van der Waals surface area (Å²) in [6.45, 7) is 2.06. The Bertz CT molecular complexity index is 262. The number of hydrogen-bond acceptors (Lipinski definition) is 7. The molecule has 7 heteroatoms. The maximum Gasteiger partial charge on any atom is 0.345 e. The Hall–Kier alpha value is -0.280. The van der Waals surface area contributed by atoms with Crippen molar-refractivity contribution in [3.8, 4) is 0 Å². The van der Waals surface area contributed by atoms with Crippen LogP contribution in [-0.4, -0.2) is 67.3 Å². The molecule has 0 unspecified atom stereocenters. The zero-order valence-corrected chi connectivity index (χ0v) is 14.5. The second-order valence-electron chi connectivity index (χ2n) is 4.46. The van der Waals surface area contributed by atoms with Gasteiger partial charge in [0.2, 0.25) is 5.79 Å². The van der Waals surface area contributed by atoms with E-state index in [2.05, 4.69) is 6.92 Å².